The number of benzene rings is 1. The molecule has 0 fully saturated rings. The van der Waals surface area contributed by atoms with Crippen molar-refractivity contribution < 1.29 is 7.13 Å². The first kappa shape index (κ1) is 10.4. The molecule has 0 radical (unpaired) electrons. The van der Waals surface area contributed by atoms with Gasteiger partial charge in [0.2, 0.25) is 0 Å². The molecule has 1 aromatic carbocycles. The summed E-state index contributed by atoms with van der Waals surface area (Å²) >= 11 is 0. The molecular weight excluding hydrogens is 241 g/mol. The van der Waals surface area contributed by atoms with Gasteiger partial charge in [0, 0.05) is 14.5 Å². The van der Waals surface area contributed by atoms with Gasteiger partial charge in [-0.3, -0.25) is 4.98 Å². The van der Waals surface area contributed by atoms with Gasteiger partial charge in [0.25, 0.3) is 0 Å². The molecule has 1 heterocycles. The van der Waals surface area contributed by atoms with Crippen molar-refractivity contribution in [2.45, 2.75) is 26.5 Å². The van der Waals surface area contributed by atoms with Crippen molar-refractivity contribution in [3.63, 3.8) is 0 Å². The molecule has 0 amide bonds. The lowest BCUT2D eigenvalue weighted by atomic mass is 10.1. The number of halogens is 1. The fourth-order valence-electron chi connectivity index (χ4n) is 1.74. The van der Waals surface area contributed by atoms with Gasteiger partial charge in [-0.05, 0) is 35.8 Å². The lowest BCUT2D eigenvalue weighted by Crippen LogP contribution is -2.37. The van der Waals surface area contributed by atoms with Gasteiger partial charge in [-0.15, -0.1) is 0 Å². The van der Waals surface area contributed by atoms with E-state index in [2.05, 4.69) is 24.6 Å². The van der Waals surface area contributed by atoms with E-state index in [1.165, 1.54) is 11.3 Å². The Morgan fingerprint density at radius 1 is 1.17 bits per heavy atom. The Kier molecular flexibility index (Phi) is 2.70. The quantitative estimate of drug-likeness (QED) is 0.750. The second-order valence-electron chi connectivity index (χ2n) is 5.42. The predicted molar refractivity (Wildman–Crippen MR) is 77.3 cm³/mol. The van der Waals surface area contributed by atoms with Crippen molar-refractivity contribution in [3.8, 4) is 11.3 Å². The van der Waals surface area contributed by atoms with Gasteiger partial charge in [0.05, 0.1) is 13.8 Å². The smallest absolute Gasteiger partial charge is 0.132 e. The van der Waals surface area contributed by atoms with Crippen LogP contribution in [-0.2, 0) is 0 Å². The molecule has 0 spiro atoms. The summed E-state index contributed by atoms with van der Waals surface area (Å²) in [6, 6.07) is 8.30. The molecule has 0 atom stereocenters. The largest absolute Gasteiger partial charge is 0.256 e. The lowest BCUT2D eigenvalue weighted by Gasteiger charge is -2.16. The highest BCUT2D eigenvalue weighted by atomic mass is 28.3. The minimum atomic E-state index is -1.40. The molecule has 0 saturated heterocycles. The molecule has 18 heavy (non-hydrogen) atoms. The van der Waals surface area contributed by atoms with E-state index in [4.69, 9.17) is 2.74 Å². The number of aromatic nitrogens is 1. The molecule has 1 nitrogen and oxygen atoms in total. The van der Waals surface area contributed by atoms with E-state index >= 15 is 0 Å². The van der Waals surface area contributed by atoms with Gasteiger partial charge in [0.15, 0.2) is 0 Å². The van der Waals surface area contributed by atoms with Crippen LogP contribution in [0, 0.1) is 12.7 Å². The Labute approximate surface area is 112 Å². The van der Waals surface area contributed by atoms with Gasteiger partial charge in [-0.1, -0.05) is 31.8 Å². The van der Waals surface area contributed by atoms with Crippen LogP contribution >= 0.6 is 0 Å². The van der Waals surface area contributed by atoms with Crippen molar-refractivity contribution in [2.75, 3.05) is 0 Å². The Morgan fingerprint density at radius 2 is 1.94 bits per heavy atom. The number of hydrogen-bond acceptors (Lipinski definition) is 1. The monoisotopic (exact) mass is 261 g/mol. The number of rotatable bonds is 2. The molecule has 0 bridgehead atoms. The van der Waals surface area contributed by atoms with Crippen molar-refractivity contribution in [1.29, 1.82) is 0 Å². The summed E-state index contributed by atoms with van der Waals surface area (Å²) in [7, 11) is -1.40. The zero-order chi connectivity index (χ0) is 14.9. The Bertz CT molecular complexity index is 606. The maximum Gasteiger partial charge on any atom is 0.132 e. The minimum absolute atomic E-state index is 0.352. The molecule has 0 aliphatic heterocycles. The fraction of sp³-hybridized carbons (Fsp3) is 0.267. The molecule has 0 saturated carbocycles. The van der Waals surface area contributed by atoms with Crippen molar-refractivity contribution in [3.05, 3.63) is 47.9 Å². The summed E-state index contributed by atoms with van der Waals surface area (Å²) in [5, 5.41) is 1.23. The first-order valence-corrected chi connectivity index (χ1v) is 9.40. The van der Waals surface area contributed by atoms with Crippen molar-refractivity contribution in [1.82, 2.24) is 4.98 Å². The van der Waals surface area contributed by atoms with Crippen LogP contribution in [0.15, 0.2) is 36.5 Å². The average Bonchev–Trinajstić information content (AvgIpc) is 2.37. The first-order chi connectivity index (χ1) is 9.29. The molecule has 0 aliphatic carbocycles. The van der Waals surface area contributed by atoms with Crippen molar-refractivity contribution >= 4 is 13.3 Å². The second-order valence-corrected chi connectivity index (χ2v) is 10.5. The van der Waals surface area contributed by atoms with E-state index in [9.17, 15) is 4.39 Å². The number of hydrogen-bond donors (Lipinski definition) is 0. The number of nitrogens with zero attached hydrogens (tertiary/aromatic N) is 1. The number of aryl methyl sites for hydroxylation is 1. The van der Waals surface area contributed by atoms with Crippen LogP contribution in [0.2, 0.25) is 19.6 Å². The Balaban J connectivity index is 2.37. The first-order valence-electron chi connectivity index (χ1n) is 7.05. The highest BCUT2D eigenvalue weighted by molar-refractivity contribution is 6.88. The minimum Gasteiger partial charge on any atom is -0.256 e. The predicted octanol–water partition coefficient (Wildman–Crippen LogP) is 3.74. The van der Waals surface area contributed by atoms with Gasteiger partial charge in [-0.2, -0.15) is 0 Å². The SMILES string of the molecule is [2H]C([2H])c1ccc(-c2ccc([Si](C)(C)C)cn2)c(F)c1. The summed E-state index contributed by atoms with van der Waals surface area (Å²) in [5.41, 5.74) is 1.35. The molecule has 1 aromatic heterocycles. The zero-order valence-corrected chi connectivity index (χ0v) is 11.9. The van der Waals surface area contributed by atoms with E-state index in [0.717, 1.165) is 0 Å². The second kappa shape index (κ2) is 4.65. The van der Waals surface area contributed by atoms with Crippen molar-refractivity contribution in [2.24, 2.45) is 0 Å². The third-order valence-electron chi connectivity index (χ3n) is 2.90. The molecule has 0 aliphatic rings. The third-order valence-corrected chi connectivity index (χ3v) is 4.93. The molecule has 94 valence electrons. The maximum absolute atomic E-state index is 14.0. The van der Waals surface area contributed by atoms with Crippen LogP contribution in [-0.4, -0.2) is 13.1 Å². The van der Waals surface area contributed by atoms with Gasteiger partial charge >= 0.3 is 0 Å². The van der Waals surface area contributed by atoms with Crippen LogP contribution in [0.5, 0.6) is 0 Å². The lowest BCUT2D eigenvalue weighted by molar-refractivity contribution is 0.629. The summed E-state index contributed by atoms with van der Waals surface area (Å²) in [5.74, 6) is -0.430. The van der Waals surface area contributed by atoms with E-state index in [1.807, 2.05) is 18.3 Å². The average molecular weight is 261 g/mol. The summed E-state index contributed by atoms with van der Waals surface area (Å²) < 4.78 is 28.6. The Hall–Kier alpha value is -1.48. The Morgan fingerprint density at radius 3 is 2.44 bits per heavy atom. The number of pyridine rings is 1. The molecule has 0 N–H and O–H groups in total. The fourth-order valence-corrected chi connectivity index (χ4v) is 2.77. The molecule has 2 rings (SSSR count). The third kappa shape index (κ3) is 2.67. The highest BCUT2D eigenvalue weighted by Crippen LogP contribution is 2.21. The summed E-state index contributed by atoms with van der Waals surface area (Å²) in [4.78, 5) is 4.35. The normalized spacial score (nSPS) is 13.4. The van der Waals surface area contributed by atoms with E-state index in [0.29, 0.717) is 16.8 Å². The van der Waals surface area contributed by atoms with Gasteiger partial charge in [0.1, 0.15) is 5.82 Å². The molecule has 0 unspecified atom stereocenters. The molecular formula is C15H18FNSi. The van der Waals surface area contributed by atoms with Crippen LogP contribution in [0.4, 0.5) is 4.39 Å². The molecule has 3 heteroatoms. The van der Waals surface area contributed by atoms with Crippen LogP contribution in [0.1, 0.15) is 8.30 Å². The topological polar surface area (TPSA) is 12.9 Å². The highest BCUT2D eigenvalue weighted by Gasteiger charge is 2.17. The summed E-state index contributed by atoms with van der Waals surface area (Å²) in [6.07, 6.45) is 1.83. The van der Waals surface area contributed by atoms with Crippen LogP contribution in [0.3, 0.4) is 0 Å². The zero-order valence-electron chi connectivity index (χ0n) is 12.9. The maximum atomic E-state index is 14.0. The standard InChI is InChI=1S/C15H18FNSi/c1-11-5-7-13(14(16)9-11)15-8-6-12(10-17-15)18(2,3)4/h5-10H,1-4H3/i1D2. The van der Waals surface area contributed by atoms with Gasteiger partial charge in [-0.25, -0.2) is 4.39 Å². The van der Waals surface area contributed by atoms with E-state index in [-0.39, 0.29) is 0 Å². The van der Waals surface area contributed by atoms with E-state index < -0.39 is 20.8 Å². The van der Waals surface area contributed by atoms with Crippen LogP contribution in [0.25, 0.3) is 11.3 Å². The van der Waals surface area contributed by atoms with Crippen LogP contribution < -0.4 is 5.19 Å². The van der Waals surface area contributed by atoms with E-state index in [1.54, 1.807) is 12.1 Å². The molecule has 2 aromatic rings. The van der Waals surface area contributed by atoms with Gasteiger partial charge < -0.3 is 0 Å². The summed E-state index contributed by atoms with van der Waals surface area (Å²) in [6.45, 7) is 5.55.